The van der Waals surface area contributed by atoms with Crippen LogP contribution in [-0.2, 0) is 11.3 Å². The van der Waals surface area contributed by atoms with Crippen LogP contribution < -0.4 is 15.4 Å². The summed E-state index contributed by atoms with van der Waals surface area (Å²) in [6, 6.07) is 6.27. The lowest BCUT2D eigenvalue weighted by atomic mass is 10.1. The number of nitrogens with one attached hydrogen (secondary N) is 2. The third-order valence-corrected chi connectivity index (χ3v) is 3.25. The molecule has 1 rings (SSSR count). The Morgan fingerprint density at radius 2 is 1.88 bits per heavy atom. The van der Waals surface area contributed by atoms with Crippen LogP contribution >= 0.6 is 24.0 Å². The summed E-state index contributed by atoms with van der Waals surface area (Å²) in [6.45, 7) is 13.3. The van der Waals surface area contributed by atoms with Crippen molar-refractivity contribution in [1.29, 1.82) is 0 Å². The second-order valence-electron chi connectivity index (χ2n) is 6.60. The summed E-state index contributed by atoms with van der Waals surface area (Å²) >= 11 is 0. The molecule has 0 aliphatic heterocycles. The molecule has 1 aromatic carbocycles. The molecule has 0 aliphatic carbocycles. The van der Waals surface area contributed by atoms with Gasteiger partial charge in [-0.25, -0.2) is 0 Å². The molecule has 0 saturated heterocycles. The molecule has 1 aromatic rings. The third kappa shape index (κ3) is 10.5. The molecular formula is C19H34IN3O2. The molecule has 0 bridgehead atoms. The number of ether oxygens (including phenoxy) is 2. The van der Waals surface area contributed by atoms with E-state index in [0.717, 1.165) is 30.4 Å². The topological polar surface area (TPSA) is 54.9 Å². The zero-order chi connectivity index (χ0) is 17.9. The second kappa shape index (κ2) is 13.2. The molecule has 0 heterocycles. The van der Waals surface area contributed by atoms with Crippen LogP contribution in [0.2, 0.25) is 0 Å². The molecule has 6 heteroatoms. The van der Waals surface area contributed by atoms with Gasteiger partial charge in [0.25, 0.3) is 0 Å². The van der Waals surface area contributed by atoms with E-state index in [9.17, 15) is 0 Å². The number of rotatable bonds is 9. The van der Waals surface area contributed by atoms with Gasteiger partial charge in [0.05, 0.1) is 12.7 Å². The Kier molecular flexibility index (Phi) is 12.7. The van der Waals surface area contributed by atoms with Gasteiger partial charge in [0.1, 0.15) is 5.75 Å². The third-order valence-electron chi connectivity index (χ3n) is 3.25. The Labute approximate surface area is 170 Å². The molecule has 0 atom stereocenters. The van der Waals surface area contributed by atoms with Crippen LogP contribution in [0.1, 0.15) is 38.8 Å². The Balaban J connectivity index is 0.00000576. The van der Waals surface area contributed by atoms with Gasteiger partial charge in [-0.15, -0.1) is 24.0 Å². The summed E-state index contributed by atoms with van der Waals surface area (Å²) in [6.07, 6.45) is 0.154. The molecule has 0 saturated carbocycles. The van der Waals surface area contributed by atoms with E-state index in [-0.39, 0.29) is 30.1 Å². The highest BCUT2D eigenvalue weighted by atomic mass is 127. The lowest BCUT2D eigenvalue weighted by molar-refractivity contribution is 0.114. The highest BCUT2D eigenvalue weighted by molar-refractivity contribution is 14.0. The summed E-state index contributed by atoms with van der Waals surface area (Å²) in [5, 5.41) is 6.58. The molecule has 0 radical (unpaired) electrons. The first-order valence-electron chi connectivity index (χ1n) is 8.70. The zero-order valence-electron chi connectivity index (χ0n) is 16.4. The van der Waals surface area contributed by atoms with Gasteiger partial charge in [-0.2, -0.15) is 0 Å². The first kappa shape index (κ1) is 24.0. The summed E-state index contributed by atoms with van der Waals surface area (Å²) in [7, 11) is 1.77. The van der Waals surface area contributed by atoms with Gasteiger partial charge < -0.3 is 20.1 Å². The first-order valence-corrected chi connectivity index (χ1v) is 8.70. The van der Waals surface area contributed by atoms with Crippen LogP contribution in [-0.4, -0.2) is 38.9 Å². The van der Waals surface area contributed by atoms with Crippen LogP contribution in [0.4, 0.5) is 0 Å². The van der Waals surface area contributed by atoms with Gasteiger partial charge in [0.2, 0.25) is 0 Å². The summed E-state index contributed by atoms with van der Waals surface area (Å²) in [5.74, 6) is 2.25. The van der Waals surface area contributed by atoms with Gasteiger partial charge in [-0.1, -0.05) is 26.0 Å². The molecule has 0 unspecified atom stereocenters. The zero-order valence-corrected chi connectivity index (χ0v) is 18.7. The van der Waals surface area contributed by atoms with Crippen LogP contribution in [0.5, 0.6) is 5.75 Å². The van der Waals surface area contributed by atoms with E-state index in [0.29, 0.717) is 19.1 Å². The average molecular weight is 463 g/mol. The molecule has 0 aromatic heterocycles. The largest absolute Gasteiger partial charge is 0.491 e. The van der Waals surface area contributed by atoms with Crippen molar-refractivity contribution >= 4 is 29.9 Å². The van der Waals surface area contributed by atoms with Gasteiger partial charge >= 0.3 is 0 Å². The quantitative estimate of drug-likeness (QED) is 0.254. The molecule has 0 spiro atoms. The van der Waals surface area contributed by atoms with E-state index in [4.69, 9.17) is 9.47 Å². The molecule has 5 nitrogen and oxygen atoms in total. The molecule has 2 N–H and O–H groups in total. The van der Waals surface area contributed by atoms with E-state index >= 15 is 0 Å². The smallest absolute Gasteiger partial charge is 0.191 e. The molecule has 144 valence electrons. The lowest BCUT2D eigenvalue weighted by Gasteiger charge is -2.17. The maximum absolute atomic E-state index is 5.91. The molecular weight excluding hydrogens is 429 g/mol. The SMILES string of the molecule is CN=C(NCCOCC(C)C)NCc1ccc(C)cc1OC(C)C.I. The van der Waals surface area contributed by atoms with Gasteiger partial charge in [-0.3, -0.25) is 4.99 Å². The van der Waals surface area contributed by atoms with Gasteiger partial charge in [0, 0.05) is 32.3 Å². The Morgan fingerprint density at radius 1 is 1.16 bits per heavy atom. The minimum Gasteiger partial charge on any atom is -0.491 e. The minimum atomic E-state index is 0. The number of aliphatic imine (C=N–C) groups is 1. The summed E-state index contributed by atoms with van der Waals surface area (Å²) in [4.78, 5) is 4.24. The molecule has 0 aliphatic rings. The average Bonchev–Trinajstić information content (AvgIpc) is 2.50. The van der Waals surface area contributed by atoms with Crippen molar-refractivity contribution < 1.29 is 9.47 Å². The number of aryl methyl sites for hydroxylation is 1. The highest BCUT2D eigenvalue weighted by Gasteiger charge is 2.07. The summed E-state index contributed by atoms with van der Waals surface area (Å²) in [5.41, 5.74) is 2.31. The number of hydrogen-bond donors (Lipinski definition) is 2. The fourth-order valence-electron chi connectivity index (χ4n) is 2.13. The van der Waals surface area contributed by atoms with Crippen molar-refractivity contribution in [2.24, 2.45) is 10.9 Å². The predicted octanol–water partition coefficient (Wildman–Crippen LogP) is 3.74. The van der Waals surface area contributed by atoms with Crippen molar-refractivity contribution in [1.82, 2.24) is 10.6 Å². The van der Waals surface area contributed by atoms with Crippen molar-refractivity contribution in [2.45, 2.75) is 47.3 Å². The minimum absolute atomic E-state index is 0. The van der Waals surface area contributed by atoms with Crippen LogP contribution in [0, 0.1) is 12.8 Å². The maximum atomic E-state index is 5.91. The van der Waals surface area contributed by atoms with E-state index in [1.54, 1.807) is 7.05 Å². The first-order chi connectivity index (χ1) is 11.4. The van der Waals surface area contributed by atoms with E-state index in [1.807, 2.05) is 13.8 Å². The monoisotopic (exact) mass is 463 g/mol. The van der Waals surface area contributed by atoms with Crippen molar-refractivity contribution in [3.63, 3.8) is 0 Å². The van der Waals surface area contributed by atoms with Crippen molar-refractivity contribution in [3.8, 4) is 5.75 Å². The number of hydrogen-bond acceptors (Lipinski definition) is 3. The number of guanidine groups is 1. The molecule has 0 fully saturated rings. The standard InChI is InChI=1S/C19H33N3O2.HI/c1-14(2)13-23-10-9-21-19(20-6)22-12-17-8-7-16(5)11-18(17)24-15(3)4;/h7-8,11,14-15H,9-10,12-13H2,1-6H3,(H2,20,21,22);1H. The fraction of sp³-hybridized carbons (Fsp3) is 0.632. The maximum Gasteiger partial charge on any atom is 0.191 e. The van der Waals surface area contributed by atoms with Gasteiger partial charge in [-0.05, 0) is 38.3 Å². The number of halogens is 1. The van der Waals surface area contributed by atoms with Gasteiger partial charge in [0.15, 0.2) is 5.96 Å². The second-order valence-corrected chi connectivity index (χ2v) is 6.60. The Bertz CT molecular complexity index is 519. The highest BCUT2D eigenvalue weighted by Crippen LogP contribution is 2.21. The summed E-state index contributed by atoms with van der Waals surface area (Å²) < 4.78 is 11.5. The van der Waals surface area contributed by atoms with Crippen molar-refractivity contribution in [2.75, 3.05) is 26.8 Å². The van der Waals surface area contributed by atoms with Crippen LogP contribution in [0.25, 0.3) is 0 Å². The van der Waals surface area contributed by atoms with Crippen LogP contribution in [0.3, 0.4) is 0 Å². The Morgan fingerprint density at radius 3 is 2.48 bits per heavy atom. The Hall–Kier alpha value is -1.02. The molecule has 25 heavy (non-hydrogen) atoms. The number of benzene rings is 1. The normalized spacial score (nSPS) is 11.4. The fourth-order valence-corrected chi connectivity index (χ4v) is 2.13. The van der Waals surface area contributed by atoms with E-state index < -0.39 is 0 Å². The lowest BCUT2D eigenvalue weighted by Crippen LogP contribution is -2.38. The molecule has 0 amide bonds. The van der Waals surface area contributed by atoms with E-state index in [2.05, 4.69) is 54.6 Å². The van der Waals surface area contributed by atoms with Crippen molar-refractivity contribution in [3.05, 3.63) is 29.3 Å². The van der Waals surface area contributed by atoms with Crippen LogP contribution in [0.15, 0.2) is 23.2 Å². The number of nitrogens with zero attached hydrogens (tertiary/aromatic N) is 1. The predicted molar refractivity (Wildman–Crippen MR) is 116 cm³/mol. The van der Waals surface area contributed by atoms with E-state index in [1.165, 1.54) is 5.56 Å².